The lowest BCUT2D eigenvalue weighted by atomic mass is 9.99. The highest BCUT2D eigenvalue weighted by molar-refractivity contribution is 5.72. The van der Waals surface area contributed by atoms with Crippen LogP contribution in [0, 0.1) is 5.41 Å². The second-order valence-electron chi connectivity index (χ2n) is 4.86. The molecule has 0 saturated heterocycles. The summed E-state index contributed by atoms with van der Waals surface area (Å²) in [7, 11) is 0. The highest BCUT2D eigenvalue weighted by Gasteiger charge is 2.14. The minimum atomic E-state index is -0.573. The zero-order valence-corrected chi connectivity index (χ0v) is 10.5. The molecule has 1 atom stereocenters. The lowest BCUT2D eigenvalue weighted by Crippen LogP contribution is -2.24. The number of hydrogen-bond donors (Lipinski definition) is 1. The van der Waals surface area contributed by atoms with Crippen molar-refractivity contribution in [2.45, 2.75) is 34.0 Å². The molecule has 0 aliphatic carbocycles. The summed E-state index contributed by atoms with van der Waals surface area (Å²) in [4.78, 5) is 10.5. The quantitative estimate of drug-likeness (QED) is 0.409. The Morgan fingerprint density at radius 2 is 2.00 bits per heavy atom. The Bertz CT molecular complexity index is 228. The van der Waals surface area contributed by atoms with Crippen LogP contribution in [0.3, 0.4) is 0 Å². The fourth-order valence-corrected chi connectivity index (χ4v) is 0.899. The lowest BCUT2D eigenvalue weighted by Gasteiger charge is -2.22. The maximum absolute atomic E-state index is 10.5. The third kappa shape index (κ3) is 8.59. The second-order valence-corrected chi connectivity index (χ2v) is 4.86. The topological polar surface area (TPSA) is 55.8 Å². The number of aldehydes is 1. The number of hydrogen-bond acceptors (Lipinski definition) is 4. The van der Waals surface area contributed by atoms with Crippen LogP contribution in [0.4, 0.5) is 0 Å². The molecule has 0 amide bonds. The summed E-state index contributed by atoms with van der Waals surface area (Å²) in [5.74, 6) is 0. The summed E-state index contributed by atoms with van der Waals surface area (Å²) in [5, 5.41) is 8.66. The minimum absolute atomic E-state index is 0.0315. The third-order valence-electron chi connectivity index (χ3n) is 1.64. The van der Waals surface area contributed by atoms with Gasteiger partial charge in [-0.15, -0.1) is 0 Å². The zero-order chi connectivity index (χ0) is 12.6. The molecule has 0 heterocycles. The highest BCUT2D eigenvalue weighted by atomic mass is 16.7. The molecule has 4 nitrogen and oxygen atoms in total. The van der Waals surface area contributed by atoms with Gasteiger partial charge in [0, 0.05) is 0 Å². The molecular formula is C12H22O4. The van der Waals surface area contributed by atoms with E-state index in [9.17, 15) is 4.79 Å². The van der Waals surface area contributed by atoms with Gasteiger partial charge in [0.05, 0.1) is 19.8 Å². The van der Waals surface area contributed by atoms with Crippen LogP contribution in [0.2, 0.25) is 0 Å². The van der Waals surface area contributed by atoms with Crippen molar-refractivity contribution < 1.29 is 19.4 Å². The van der Waals surface area contributed by atoms with Crippen LogP contribution < -0.4 is 0 Å². The first-order chi connectivity index (χ1) is 7.39. The van der Waals surface area contributed by atoms with E-state index in [1.54, 1.807) is 13.0 Å². The van der Waals surface area contributed by atoms with Crippen LogP contribution in [0.15, 0.2) is 11.6 Å². The maximum Gasteiger partial charge on any atom is 0.177 e. The van der Waals surface area contributed by atoms with Gasteiger partial charge in [-0.3, -0.25) is 4.79 Å². The van der Waals surface area contributed by atoms with Gasteiger partial charge < -0.3 is 14.6 Å². The van der Waals surface area contributed by atoms with Crippen molar-refractivity contribution in [2.24, 2.45) is 5.41 Å². The van der Waals surface area contributed by atoms with Crippen molar-refractivity contribution in [3.63, 3.8) is 0 Å². The van der Waals surface area contributed by atoms with Gasteiger partial charge in [0.1, 0.15) is 6.29 Å². The number of allylic oxidation sites excluding steroid dienone is 1. The molecule has 0 aliphatic rings. The van der Waals surface area contributed by atoms with Gasteiger partial charge in [0.15, 0.2) is 6.29 Å². The molecule has 0 aliphatic heterocycles. The first-order valence-corrected chi connectivity index (χ1v) is 5.36. The van der Waals surface area contributed by atoms with Crippen molar-refractivity contribution >= 4 is 6.29 Å². The van der Waals surface area contributed by atoms with Gasteiger partial charge in [-0.2, -0.15) is 0 Å². The molecule has 0 bridgehead atoms. The average Bonchev–Trinajstić information content (AvgIpc) is 2.20. The first-order valence-electron chi connectivity index (χ1n) is 5.36. The van der Waals surface area contributed by atoms with Crippen LogP contribution in [-0.4, -0.2) is 37.5 Å². The standard InChI is InChI=1S/C12H22O4/c1-10(8-14)7-11(15-6-5-13)16-9-12(2,3)4/h7-8,11,13H,5-6,9H2,1-4H3/b10-7+. The molecule has 0 aromatic heterocycles. The monoisotopic (exact) mass is 230 g/mol. The highest BCUT2D eigenvalue weighted by Crippen LogP contribution is 2.15. The van der Waals surface area contributed by atoms with Gasteiger partial charge in [-0.25, -0.2) is 0 Å². The number of rotatable bonds is 7. The minimum Gasteiger partial charge on any atom is -0.394 e. The fraction of sp³-hybridized carbons (Fsp3) is 0.750. The van der Waals surface area contributed by atoms with Crippen molar-refractivity contribution in [2.75, 3.05) is 19.8 Å². The average molecular weight is 230 g/mol. The Morgan fingerprint density at radius 3 is 2.44 bits per heavy atom. The Kier molecular flexibility index (Phi) is 7.21. The van der Waals surface area contributed by atoms with Gasteiger partial charge in [0.2, 0.25) is 0 Å². The SMILES string of the molecule is C/C(C=O)=C\C(OCCO)OCC(C)(C)C. The fourth-order valence-electron chi connectivity index (χ4n) is 0.899. The largest absolute Gasteiger partial charge is 0.394 e. The Balaban J connectivity index is 4.26. The Labute approximate surface area is 97.2 Å². The molecule has 0 saturated carbocycles. The predicted molar refractivity (Wildman–Crippen MR) is 62.1 cm³/mol. The van der Waals surface area contributed by atoms with E-state index in [0.29, 0.717) is 12.2 Å². The molecule has 0 radical (unpaired) electrons. The number of carbonyl (C=O) groups is 1. The molecule has 1 unspecified atom stereocenters. The molecule has 0 aromatic rings. The number of ether oxygens (including phenoxy) is 2. The summed E-state index contributed by atoms with van der Waals surface area (Å²) in [6, 6.07) is 0. The summed E-state index contributed by atoms with van der Waals surface area (Å²) in [5.41, 5.74) is 0.584. The summed E-state index contributed by atoms with van der Waals surface area (Å²) in [6.07, 6.45) is 1.78. The van der Waals surface area contributed by atoms with Crippen LogP contribution in [-0.2, 0) is 14.3 Å². The van der Waals surface area contributed by atoms with Crippen molar-refractivity contribution in [3.8, 4) is 0 Å². The van der Waals surface area contributed by atoms with Crippen LogP contribution in [0.5, 0.6) is 0 Å². The summed E-state index contributed by atoms with van der Waals surface area (Å²) in [6.45, 7) is 8.47. The van der Waals surface area contributed by atoms with Gasteiger partial charge in [-0.05, 0) is 24.0 Å². The molecule has 0 fully saturated rings. The number of aliphatic hydroxyl groups excluding tert-OH is 1. The second kappa shape index (κ2) is 7.54. The molecular weight excluding hydrogens is 208 g/mol. The smallest absolute Gasteiger partial charge is 0.177 e. The van der Waals surface area contributed by atoms with Crippen molar-refractivity contribution in [1.29, 1.82) is 0 Å². The van der Waals surface area contributed by atoms with Crippen molar-refractivity contribution in [1.82, 2.24) is 0 Å². The Hall–Kier alpha value is -0.710. The van der Waals surface area contributed by atoms with Gasteiger partial charge >= 0.3 is 0 Å². The normalized spacial score (nSPS) is 14.9. The molecule has 0 aromatic carbocycles. The molecule has 0 spiro atoms. The van der Waals surface area contributed by atoms with E-state index in [1.165, 1.54) is 0 Å². The van der Waals surface area contributed by atoms with Gasteiger partial charge in [-0.1, -0.05) is 20.8 Å². The van der Waals surface area contributed by atoms with Gasteiger partial charge in [0.25, 0.3) is 0 Å². The van der Waals surface area contributed by atoms with Crippen LogP contribution in [0.1, 0.15) is 27.7 Å². The van der Waals surface area contributed by atoms with E-state index in [1.807, 2.05) is 20.8 Å². The molecule has 4 heteroatoms. The van der Waals surface area contributed by atoms with Crippen LogP contribution in [0.25, 0.3) is 0 Å². The molecule has 16 heavy (non-hydrogen) atoms. The maximum atomic E-state index is 10.5. The van der Waals surface area contributed by atoms with E-state index in [2.05, 4.69) is 0 Å². The molecule has 1 N–H and O–H groups in total. The zero-order valence-electron chi connectivity index (χ0n) is 10.5. The number of aliphatic hydroxyl groups is 1. The van der Waals surface area contributed by atoms with Crippen LogP contribution >= 0.6 is 0 Å². The van der Waals surface area contributed by atoms with E-state index < -0.39 is 6.29 Å². The van der Waals surface area contributed by atoms with E-state index in [0.717, 1.165) is 6.29 Å². The lowest BCUT2D eigenvalue weighted by molar-refractivity contribution is -0.133. The van der Waals surface area contributed by atoms with E-state index in [4.69, 9.17) is 14.6 Å². The first kappa shape index (κ1) is 15.3. The summed E-state index contributed by atoms with van der Waals surface area (Å²) >= 11 is 0. The van der Waals surface area contributed by atoms with Crippen molar-refractivity contribution in [3.05, 3.63) is 11.6 Å². The molecule has 94 valence electrons. The Morgan fingerprint density at radius 1 is 1.38 bits per heavy atom. The molecule has 0 rings (SSSR count). The van der Waals surface area contributed by atoms with E-state index >= 15 is 0 Å². The number of carbonyl (C=O) groups excluding carboxylic acids is 1. The van der Waals surface area contributed by atoms with E-state index in [-0.39, 0.29) is 18.6 Å². The predicted octanol–water partition coefficient (Wildman–Crippen LogP) is 1.53. The summed E-state index contributed by atoms with van der Waals surface area (Å²) < 4.78 is 10.8. The third-order valence-corrected chi connectivity index (χ3v) is 1.64.